The van der Waals surface area contributed by atoms with Gasteiger partial charge in [0.25, 0.3) is 0 Å². The van der Waals surface area contributed by atoms with Crippen molar-refractivity contribution < 1.29 is 4.74 Å². The molecule has 3 rings (SSSR count). The molecule has 2 aromatic rings. The molecule has 0 spiro atoms. The second-order valence-electron chi connectivity index (χ2n) is 4.32. The molecular weight excluding hydrogens is 230 g/mol. The molecule has 0 aromatic carbocycles. The van der Waals surface area contributed by atoms with Crippen LogP contribution in [-0.2, 0) is 4.74 Å². The SMILES string of the molecule is NC(=N[C@H]1CCCOC1)c1cnc2cccnn12. The summed E-state index contributed by atoms with van der Waals surface area (Å²) in [5.74, 6) is 0.469. The van der Waals surface area contributed by atoms with Crippen LogP contribution in [0, 0.1) is 0 Å². The van der Waals surface area contributed by atoms with Crippen molar-refractivity contribution in [1.29, 1.82) is 0 Å². The second kappa shape index (κ2) is 4.73. The summed E-state index contributed by atoms with van der Waals surface area (Å²) in [5.41, 5.74) is 7.53. The minimum Gasteiger partial charge on any atom is -0.382 e. The predicted molar refractivity (Wildman–Crippen MR) is 67.6 cm³/mol. The Morgan fingerprint density at radius 1 is 1.56 bits per heavy atom. The molecule has 1 atom stereocenters. The third-order valence-electron chi connectivity index (χ3n) is 3.00. The maximum absolute atomic E-state index is 6.03. The van der Waals surface area contributed by atoms with Crippen LogP contribution in [0.3, 0.4) is 0 Å². The van der Waals surface area contributed by atoms with E-state index in [0.29, 0.717) is 12.4 Å². The molecule has 0 aliphatic carbocycles. The lowest BCUT2D eigenvalue weighted by Crippen LogP contribution is -2.26. The summed E-state index contributed by atoms with van der Waals surface area (Å²) in [6.45, 7) is 1.47. The fraction of sp³-hybridized carbons (Fsp3) is 0.417. The molecule has 0 amide bonds. The van der Waals surface area contributed by atoms with Crippen LogP contribution in [0.25, 0.3) is 5.65 Å². The number of amidine groups is 1. The Hall–Kier alpha value is -1.95. The number of nitrogens with two attached hydrogens (primary N) is 1. The normalized spacial score (nSPS) is 21.3. The average molecular weight is 245 g/mol. The first-order valence-electron chi connectivity index (χ1n) is 6.05. The summed E-state index contributed by atoms with van der Waals surface area (Å²) in [7, 11) is 0. The zero-order valence-electron chi connectivity index (χ0n) is 9.99. The Morgan fingerprint density at radius 3 is 3.33 bits per heavy atom. The van der Waals surface area contributed by atoms with Gasteiger partial charge in [-0.15, -0.1) is 0 Å². The molecule has 1 aliphatic heterocycles. The highest BCUT2D eigenvalue weighted by Crippen LogP contribution is 2.11. The van der Waals surface area contributed by atoms with Crippen molar-refractivity contribution in [2.75, 3.05) is 13.2 Å². The average Bonchev–Trinajstić information content (AvgIpc) is 2.84. The van der Waals surface area contributed by atoms with Crippen LogP contribution in [0.4, 0.5) is 0 Å². The third kappa shape index (κ3) is 2.06. The fourth-order valence-corrected chi connectivity index (χ4v) is 2.09. The van der Waals surface area contributed by atoms with E-state index in [0.717, 1.165) is 30.8 Å². The van der Waals surface area contributed by atoms with Crippen LogP contribution in [0.2, 0.25) is 0 Å². The highest BCUT2D eigenvalue weighted by molar-refractivity contribution is 5.96. The molecule has 0 radical (unpaired) electrons. The van der Waals surface area contributed by atoms with Gasteiger partial charge in [0, 0.05) is 12.8 Å². The van der Waals surface area contributed by atoms with Crippen molar-refractivity contribution in [3.05, 3.63) is 30.2 Å². The maximum Gasteiger partial charge on any atom is 0.154 e. The highest BCUT2D eigenvalue weighted by atomic mass is 16.5. The summed E-state index contributed by atoms with van der Waals surface area (Å²) in [6.07, 6.45) is 5.46. The van der Waals surface area contributed by atoms with Gasteiger partial charge < -0.3 is 10.5 Å². The van der Waals surface area contributed by atoms with Crippen molar-refractivity contribution in [2.45, 2.75) is 18.9 Å². The van der Waals surface area contributed by atoms with Crippen molar-refractivity contribution in [3.63, 3.8) is 0 Å². The first-order chi connectivity index (χ1) is 8.84. The largest absolute Gasteiger partial charge is 0.382 e. The van der Waals surface area contributed by atoms with Crippen molar-refractivity contribution in [2.24, 2.45) is 10.7 Å². The van der Waals surface area contributed by atoms with Gasteiger partial charge in [0.15, 0.2) is 5.65 Å². The number of aliphatic imine (C=N–C) groups is 1. The Balaban J connectivity index is 1.91. The number of nitrogens with zero attached hydrogens (tertiary/aromatic N) is 4. The van der Waals surface area contributed by atoms with Gasteiger partial charge in [-0.2, -0.15) is 5.10 Å². The van der Waals surface area contributed by atoms with Crippen LogP contribution in [-0.4, -0.2) is 39.7 Å². The van der Waals surface area contributed by atoms with Gasteiger partial charge >= 0.3 is 0 Å². The Bertz CT molecular complexity index is 571. The number of aromatic nitrogens is 3. The van der Waals surface area contributed by atoms with Gasteiger partial charge in [0.2, 0.25) is 0 Å². The first-order valence-corrected chi connectivity index (χ1v) is 6.05. The molecule has 1 aliphatic rings. The van der Waals surface area contributed by atoms with Gasteiger partial charge in [0.1, 0.15) is 11.5 Å². The van der Waals surface area contributed by atoms with Gasteiger partial charge in [-0.25, -0.2) is 9.50 Å². The molecule has 94 valence electrons. The lowest BCUT2D eigenvalue weighted by molar-refractivity contribution is 0.0828. The Morgan fingerprint density at radius 2 is 2.50 bits per heavy atom. The molecule has 6 heteroatoms. The van der Waals surface area contributed by atoms with Crippen molar-refractivity contribution in [1.82, 2.24) is 14.6 Å². The summed E-state index contributed by atoms with van der Waals surface area (Å²) >= 11 is 0. The predicted octanol–water partition coefficient (Wildman–Crippen LogP) is 0.614. The molecule has 0 unspecified atom stereocenters. The quantitative estimate of drug-likeness (QED) is 0.621. The smallest absolute Gasteiger partial charge is 0.154 e. The van der Waals surface area contributed by atoms with Crippen molar-refractivity contribution in [3.8, 4) is 0 Å². The zero-order chi connectivity index (χ0) is 12.4. The summed E-state index contributed by atoms with van der Waals surface area (Å²) in [4.78, 5) is 8.74. The van der Waals surface area contributed by atoms with Crippen LogP contribution in [0.5, 0.6) is 0 Å². The Kier molecular flexibility index (Phi) is 2.93. The molecule has 2 N–H and O–H groups in total. The highest BCUT2D eigenvalue weighted by Gasteiger charge is 2.15. The molecule has 6 nitrogen and oxygen atoms in total. The molecule has 2 aromatic heterocycles. The summed E-state index contributed by atoms with van der Waals surface area (Å²) in [6, 6.07) is 3.87. The van der Waals surface area contributed by atoms with Gasteiger partial charge in [-0.05, 0) is 25.0 Å². The molecule has 1 fully saturated rings. The fourth-order valence-electron chi connectivity index (χ4n) is 2.09. The molecule has 18 heavy (non-hydrogen) atoms. The molecule has 1 saturated heterocycles. The second-order valence-corrected chi connectivity index (χ2v) is 4.32. The van der Waals surface area contributed by atoms with Crippen LogP contribution >= 0.6 is 0 Å². The van der Waals surface area contributed by atoms with Crippen LogP contribution in [0.1, 0.15) is 18.5 Å². The van der Waals surface area contributed by atoms with Gasteiger partial charge in [-0.1, -0.05) is 0 Å². The molecule has 0 bridgehead atoms. The number of hydrogen-bond donors (Lipinski definition) is 1. The number of ether oxygens (including phenoxy) is 1. The van der Waals surface area contributed by atoms with E-state index in [1.165, 1.54) is 0 Å². The van der Waals surface area contributed by atoms with E-state index in [2.05, 4.69) is 15.1 Å². The number of hydrogen-bond acceptors (Lipinski definition) is 4. The van der Waals surface area contributed by atoms with Crippen molar-refractivity contribution >= 4 is 11.5 Å². The summed E-state index contributed by atoms with van der Waals surface area (Å²) in [5, 5.41) is 4.22. The van der Waals surface area contributed by atoms with E-state index in [-0.39, 0.29) is 6.04 Å². The lowest BCUT2D eigenvalue weighted by Gasteiger charge is -2.18. The number of fused-ring (bicyclic) bond motifs is 1. The van der Waals surface area contributed by atoms with E-state index in [9.17, 15) is 0 Å². The molecule has 3 heterocycles. The van der Waals surface area contributed by atoms with Crippen LogP contribution < -0.4 is 5.73 Å². The zero-order valence-corrected chi connectivity index (χ0v) is 9.99. The maximum atomic E-state index is 6.03. The standard InChI is InChI=1S/C12H15N5O/c13-12(16-9-3-2-6-18-8-9)10-7-14-11-4-1-5-15-17(10)11/h1,4-5,7,9H,2-3,6,8H2,(H2,13,16)/t9-/m0/s1. The third-order valence-corrected chi connectivity index (χ3v) is 3.00. The molecule has 0 saturated carbocycles. The van der Waals surface area contributed by atoms with E-state index in [4.69, 9.17) is 10.5 Å². The van der Waals surface area contributed by atoms with E-state index in [1.807, 2.05) is 12.1 Å². The summed E-state index contributed by atoms with van der Waals surface area (Å²) < 4.78 is 7.08. The lowest BCUT2D eigenvalue weighted by atomic mass is 10.1. The molecular formula is C12H15N5O. The van der Waals surface area contributed by atoms with E-state index >= 15 is 0 Å². The van der Waals surface area contributed by atoms with Crippen LogP contribution in [0.15, 0.2) is 29.5 Å². The Labute approximate surface area is 104 Å². The van der Waals surface area contributed by atoms with Gasteiger partial charge in [-0.3, -0.25) is 4.99 Å². The van der Waals surface area contributed by atoms with E-state index < -0.39 is 0 Å². The minimum atomic E-state index is 0.146. The monoisotopic (exact) mass is 245 g/mol. The minimum absolute atomic E-state index is 0.146. The van der Waals surface area contributed by atoms with E-state index in [1.54, 1.807) is 16.9 Å². The van der Waals surface area contributed by atoms with Gasteiger partial charge in [0.05, 0.1) is 18.8 Å². The topological polar surface area (TPSA) is 77.8 Å². The first kappa shape index (κ1) is 11.2. The number of rotatable bonds is 2. The number of imidazole rings is 1.